The Morgan fingerprint density at radius 1 is 1.31 bits per heavy atom. The molecule has 0 unspecified atom stereocenters. The van der Waals surface area contributed by atoms with E-state index in [1.54, 1.807) is 0 Å². The van der Waals surface area contributed by atoms with Crippen LogP contribution in [0.25, 0.3) is 0 Å². The second kappa shape index (κ2) is 4.13. The van der Waals surface area contributed by atoms with Crippen molar-refractivity contribution in [3.8, 4) is 0 Å². The molecule has 6 nitrogen and oxygen atoms in total. The van der Waals surface area contributed by atoms with Gasteiger partial charge >= 0.3 is 18.1 Å². The van der Waals surface area contributed by atoms with Crippen LogP contribution < -0.4 is 5.32 Å². The maximum Gasteiger partial charge on any atom is 0.471 e. The molecule has 1 heterocycles. The van der Waals surface area contributed by atoms with Gasteiger partial charge in [-0.25, -0.2) is 9.78 Å². The van der Waals surface area contributed by atoms with E-state index in [0.717, 1.165) is 12.4 Å². The van der Waals surface area contributed by atoms with E-state index < -0.39 is 29.6 Å². The summed E-state index contributed by atoms with van der Waals surface area (Å²) in [6.07, 6.45) is -3.43. The molecule has 1 rings (SSSR count). The molecule has 0 radical (unpaired) electrons. The zero-order chi connectivity index (χ0) is 12.3. The number of carbonyl (C=O) groups is 2. The molecule has 0 aliphatic carbocycles. The van der Waals surface area contributed by atoms with Crippen molar-refractivity contribution < 1.29 is 27.9 Å². The minimum absolute atomic E-state index is 0.569. The Hall–Kier alpha value is -2.19. The van der Waals surface area contributed by atoms with Crippen LogP contribution >= 0.6 is 0 Å². The van der Waals surface area contributed by atoms with Gasteiger partial charge in [-0.15, -0.1) is 0 Å². The number of carbonyl (C=O) groups excluding carboxylic acids is 1. The summed E-state index contributed by atoms with van der Waals surface area (Å²) in [4.78, 5) is 27.4. The topological polar surface area (TPSA) is 92.2 Å². The van der Waals surface area contributed by atoms with Crippen molar-refractivity contribution >= 4 is 17.7 Å². The summed E-state index contributed by atoms with van der Waals surface area (Å²) in [5.41, 5.74) is -0.569. The van der Waals surface area contributed by atoms with Gasteiger partial charge in [0.25, 0.3) is 0 Å². The first-order valence-electron chi connectivity index (χ1n) is 3.74. The van der Waals surface area contributed by atoms with Gasteiger partial charge in [-0.05, 0) is 0 Å². The van der Waals surface area contributed by atoms with Gasteiger partial charge < -0.3 is 10.4 Å². The molecule has 9 heteroatoms. The van der Waals surface area contributed by atoms with Crippen molar-refractivity contribution in [3.05, 3.63) is 18.1 Å². The van der Waals surface area contributed by atoms with Crippen molar-refractivity contribution in [2.75, 3.05) is 5.32 Å². The molecule has 1 aromatic rings. The first-order chi connectivity index (χ1) is 7.30. The number of nitrogens with one attached hydrogen (secondary N) is 1. The predicted octanol–water partition coefficient (Wildman–Crippen LogP) is 0.676. The lowest BCUT2D eigenvalue weighted by atomic mass is 10.4. The van der Waals surface area contributed by atoms with Crippen LogP contribution in [0.1, 0.15) is 10.5 Å². The van der Waals surface area contributed by atoms with Gasteiger partial charge in [-0.2, -0.15) is 13.2 Å². The van der Waals surface area contributed by atoms with Crippen LogP contribution in [0.15, 0.2) is 12.4 Å². The molecule has 0 saturated heterocycles. The van der Waals surface area contributed by atoms with E-state index in [9.17, 15) is 22.8 Å². The Bertz CT molecular complexity index is 432. The fourth-order valence-corrected chi connectivity index (χ4v) is 0.716. The van der Waals surface area contributed by atoms with Gasteiger partial charge in [-0.3, -0.25) is 9.78 Å². The minimum atomic E-state index is -5.07. The molecule has 1 aromatic heterocycles. The molecule has 0 atom stereocenters. The number of nitrogens with zero attached hydrogens (tertiary/aromatic N) is 2. The molecule has 0 aliphatic heterocycles. The first-order valence-corrected chi connectivity index (χ1v) is 3.74. The largest absolute Gasteiger partial charge is 0.476 e. The highest BCUT2D eigenvalue weighted by Gasteiger charge is 2.39. The van der Waals surface area contributed by atoms with Crippen molar-refractivity contribution in [2.45, 2.75) is 6.18 Å². The number of carboxylic acid groups (broad SMARTS) is 1. The third kappa shape index (κ3) is 2.90. The Morgan fingerprint density at radius 3 is 2.44 bits per heavy atom. The van der Waals surface area contributed by atoms with Gasteiger partial charge in [0.05, 0.1) is 12.4 Å². The molecule has 16 heavy (non-hydrogen) atoms. The van der Waals surface area contributed by atoms with Crippen LogP contribution in [-0.4, -0.2) is 33.1 Å². The Kier molecular flexibility index (Phi) is 3.06. The summed E-state index contributed by atoms with van der Waals surface area (Å²) in [6.45, 7) is 0. The van der Waals surface area contributed by atoms with Gasteiger partial charge in [0.15, 0.2) is 11.5 Å². The summed E-state index contributed by atoms with van der Waals surface area (Å²) >= 11 is 0. The van der Waals surface area contributed by atoms with E-state index in [-0.39, 0.29) is 0 Å². The van der Waals surface area contributed by atoms with Crippen LogP contribution in [0.4, 0.5) is 19.0 Å². The highest BCUT2D eigenvalue weighted by Crippen LogP contribution is 2.16. The normalized spacial score (nSPS) is 10.9. The number of aromatic nitrogens is 2. The van der Waals surface area contributed by atoms with E-state index in [4.69, 9.17) is 5.11 Å². The summed E-state index contributed by atoms with van der Waals surface area (Å²) in [6, 6.07) is 0. The molecular formula is C7H4F3N3O3. The van der Waals surface area contributed by atoms with Gasteiger partial charge in [0.1, 0.15) is 0 Å². The highest BCUT2D eigenvalue weighted by atomic mass is 19.4. The number of hydrogen-bond donors (Lipinski definition) is 2. The van der Waals surface area contributed by atoms with Gasteiger partial charge in [0, 0.05) is 0 Å². The summed E-state index contributed by atoms with van der Waals surface area (Å²) in [5, 5.41) is 9.84. The van der Waals surface area contributed by atoms with Crippen LogP contribution in [0.5, 0.6) is 0 Å². The molecule has 0 bridgehead atoms. The summed E-state index contributed by atoms with van der Waals surface area (Å²) < 4.78 is 35.5. The monoisotopic (exact) mass is 235 g/mol. The Balaban J connectivity index is 2.87. The lowest BCUT2D eigenvalue weighted by Crippen LogP contribution is -2.30. The highest BCUT2D eigenvalue weighted by molar-refractivity contribution is 5.94. The zero-order valence-electron chi connectivity index (χ0n) is 7.45. The third-order valence-corrected chi connectivity index (χ3v) is 1.35. The van der Waals surface area contributed by atoms with E-state index in [2.05, 4.69) is 9.97 Å². The molecule has 0 spiro atoms. The molecule has 0 aliphatic rings. The number of rotatable bonds is 2. The van der Waals surface area contributed by atoms with Gasteiger partial charge in [0.2, 0.25) is 0 Å². The smallest absolute Gasteiger partial charge is 0.471 e. The molecule has 0 aromatic carbocycles. The number of aromatic carboxylic acids is 1. The number of halogens is 3. The molecule has 0 fully saturated rings. The molecule has 2 N–H and O–H groups in total. The summed E-state index contributed by atoms with van der Waals surface area (Å²) in [5.74, 6) is -4.29. The standard InChI is InChI=1S/C7H4F3N3O3/c8-7(9,10)6(16)13-4-2-11-1-3(12-4)5(14)15/h1-2H,(H,14,15)(H,12,13,16). The lowest BCUT2D eigenvalue weighted by molar-refractivity contribution is -0.167. The maximum absolute atomic E-state index is 11.8. The molecular weight excluding hydrogens is 231 g/mol. The van der Waals surface area contributed by atoms with E-state index in [0.29, 0.717) is 0 Å². The van der Waals surface area contributed by atoms with Crippen molar-refractivity contribution in [3.63, 3.8) is 0 Å². The Labute approximate surface area is 86.1 Å². The van der Waals surface area contributed by atoms with Crippen molar-refractivity contribution in [1.82, 2.24) is 9.97 Å². The second-order valence-electron chi connectivity index (χ2n) is 2.55. The average Bonchev–Trinajstić information content (AvgIpc) is 2.16. The van der Waals surface area contributed by atoms with E-state index in [1.807, 2.05) is 0 Å². The number of alkyl halides is 3. The maximum atomic E-state index is 11.8. The van der Waals surface area contributed by atoms with Crippen molar-refractivity contribution in [1.29, 1.82) is 0 Å². The lowest BCUT2D eigenvalue weighted by Gasteiger charge is -2.06. The van der Waals surface area contributed by atoms with E-state index in [1.165, 1.54) is 5.32 Å². The first kappa shape index (κ1) is 11.9. The molecule has 0 saturated carbocycles. The number of carboxylic acids is 1. The number of amides is 1. The van der Waals surface area contributed by atoms with Crippen LogP contribution in [-0.2, 0) is 4.79 Å². The molecule has 1 amide bonds. The SMILES string of the molecule is O=C(O)c1cncc(NC(=O)C(F)(F)F)n1. The predicted molar refractivity (Wildman–Crippen MR) is 43.7 cm³/mol. The third-order valence-electron chi connectivity index (χ3n) is 1.35. The molecule has 86 valence electrons. The van der Waals surface area contributed by atoms with E-state index >= 15 is 0 Å². The van der Waals surface area contributed by atoms with Gasteiger partial charge in [-0.1, -0.05) is 0 Å². The number of hydrogen-bond acceptors (Lipinski definition) is 4. The minimum Gasteiger partial charge on any atom is -0.476 e. The van der Waals surface area contributed by atoms with Crippen molar-refractivity contribution in [2.24, 2.45) is 0 Å². The number of anilines is 1. The fraction of sp³-hybridized carbons (Fsp3) is 0.143. The second-order valence-corrected chi connectivity index (χ2v) is 2.55. The quantitative estimate of drug-likeness (QED) is 0.786. The van der Waals surface area contributed by atoms with Crippen LogP contribution in [0.3, 0.4) is 0 Å². The Morgan fingerprint density at radius 2 is 1.94 bits per heavy atom. The van der Waals surface area contributed by atoms with Crippen LogP contribution in [0.2, 0.25) is 0 Å². The fourth-order valence-electron chi connectivity index (χ4n) is 0.716. The van der Waals surface area contributed by atoms with Crippen LogP contribution in [0, 0.1) is 0 Å². The summed E-state index contributed by atoms with van der Waals surface area (Å²) in [7, 11) is 0. The average molecular weight is 235 g/mol. The zero-order valence-corrected chi connectivity index (χ0v) is 7.45.